The average molecular weight is 262 g/mol. The summed E-state index contributed by atoms with van der Waals surface area (Å²) in [4.78, 5) is 0. The quantitative estimate of drug-likeness (QED) is 0.902. The maximum atomic E-state index is 5.83. The lowest BCUT2D eigenvalue weighted by atomic mass is 9.74. The molecule has 2 atom stereocenters. The topological polar surface area (TPSA) is 25.2 Å². The summed E-state index contributed by atoms with van der Waals surface area (Å²) < 4.78 is 5.50. The van der Waals surface area contributed by atoms with Gasteiger partial charge in [-0.1, -0.05) is 24.3 Å². The Labute approximate surface area is 112 Å². The Morgan fingerprint density at radius 2 is 2.17 bits per heavy atom. The van der Waals surface area contributed by atoms with Crippen LogP contribution in [-0.4, -0.2) is 7.05 Å². The number of furan rings is 1. The van der Waals surface area contributed by atoms with E-state index in [0.717, 1.165) is 12.2 Å². The highest BCUT2D eigenvalue weighted by Crippen LogP contribution is 2.40. The number of fused-ring (bicyclic) bond motifs is 1. The normalized spacial score (nSPS) is 19.1. The molecule has 1 aliphatic carbocycles. The average Bonchev–Trinajstić information content (AvgIpc) is 2.77. The van der Waals surface area contributed by atoms with Gasteiger partial charge in [0.05, 0.1) is 6.04 Å². The highest BCUT2D eigenvalue weighted by Gasteiger charge is 2.29. The van der Waals surface area contributed by atoms with E-state index in [1.165, 1.54) is 17.5 Å². The van der Waals surface area contributed by atoms with Gasteiger partial charge < -0.3 is 9.73 Å². The summed E-state index contributed by atoms with van der Waals surface area (Å²) in [7, 11) is 1.96. The van der Waals surface area contributed by atoms with Crippen molar-refractivity contribution in [3.8, 4) is 0 Å². The van der Waals surface area contributed by atoms with E-state index >= 15 is 0 Å². The fraction of sp³-hybridized carbons (Fsp3) is 0.333. The lowest BCUT2D eigenvalue weighted by Gasteiger charge is -2.32. The van der Waals surface area contributed by atoms with Crippen LogP contribution in [0.25, 0.3) is 0 Å². The Bertz CT molecular complexity index is 549. The molecule has 94 valence electrons. The van der Waals surface area contributed by atoms with Crippen LogP contribution in [0.3, 0.4) is 0 Å². The second kappa shape index (κ2) is 4.79. The first-order valence-electron chi connectivity index (χ1n) is 6.28. The maximum Gasteiger partial charge on any atom is 0.193 e. The van der Waals surface area contributed by atoms with Crippen molar-refractivity contribution in [1.29, 1.82) is 0 Å². The maximum absolute atomic E-state index is 5.83. The van der Waals surface area contributed by atoms with E-state index in [2.05, 4.69) is 29.6 Å². The van der Waals surface area contributed by atoms with Crippen LogP contribution in [0.5, 0.6) is 0 Å². The second-order valence-corrected chi connectivity index (χ2v) is 5.19. The van der Waals surface area contributed by atoms with Crippen LogP contribution in [0.15, 0.2) is 40.8 Å². The molecule has 0 spiro atoms. The van der Waals surface area contributed by atoms with E-state index in [-0.39, 0.29) is 6.04 Å². The summed E-state index contributed by atoms with van der Waals surface area (Å²) in [5, 5.41) is 3.77. The van der Waals surface area contributed by atoms with Crippen molar-refractivity contribution in [1.82, 2.24) is 5.32 Å². The standard InChI is InChI=1S/C15H16ClNO/c1-17-13(14-6-7-15(16)18-14)9-11-8-10-4-2-3-5-12(10)11/h2-7,11,13,17H,8-9H2,1H3. The molecule has 2 unspecified atom stereocenters. The monoisotopic (exact) mass is 261 g/mol. The molecule has 2 nitrogen and oxygen atoms in total. The van der Waals surface area contributed by atoms with Crippen LogP contribution in [0.2, 0.25) is 5.22 Å². The molecule has 0 saturated heterocycles. The van der Waals surface area contributed by atoms with Crippen molar-refractivity contribution < 1.29 is 4.42 Å². The fourth-order valence-electron chi connectivity index (χ4n) is 2.75. The molecule has 0 radical (unpaired) electrons. The minimum atomic E-state index is 0.232. The molecule has 0 bridgehead atoms. The zero-order valence-electron chi connectivity index (χ0n) is 10.3. The lowest BCUT2D eigenvalue weighted by Crippen LogP contribution is -2.24. The first-order chi connectivity index (χ1) is 8.78. The molecule has 0 fully saturated rings. The van der Waals surface area contributed by atoms with Gasteiger partial charge in [0.25, 0.3) is 0 Å². The Morgan fingerprint density at radius 1 is 1.33 bits per heavy atom. The van der Waals surface area contributed by atoms with Crippen molar-refractivity contribution in [3.05, 3.63) is 58.5 Å². The molecule has 3 heteroatoms. The van der Waals surface area contributed by atoms with Gasteiger partial charge in [-0.25, -0.2) is 0 Å². The van der Waals surface area contributed by atoms with Crippen LogP contribution < -0.4 is 5.32 Å². The third-order valence-electron chi connectivity index (χ3n) is 3.77. The van der Waals surface area contributed by atoms with Gasteiger partial charge in [-0.2, -0.15) is 0 Å². The number of hydrogen-bond acceptors (Lipinski definition) is 2. The van der Waals surface area contributed by atoms with Gasteiger partial charge in [-0.3, -0.25) is 0 Å². The Balaban J connectivity index is 1.73. The molecule has 0 amide bonds. The first kappa shape index (κ1) is 11.8. The van der Waals surface area contributed by atoms with Crippen LogP contribution in [0.4, 0.5) is 0 Å². The van der Waals surface area contributed by atoms with Gasteiger partial charge in [0.15, 0.2) is 5.22 Å². The number of hydrogen-bond donors (Lipinski definition) is 1. The van der Waals surface area contributed by atoms with Gasteiger partial charge in [0.2, 0.25) is 0 Å². The molecular formula is C15H16ClNO. The van der Waals surface area contributed by atoms with E-state index in [0.29, 0.717) is 11.1 Å². The van der Waals surface area contributed by atoms with Crippen molar-refractivity contribution >= 4 is 11.6 Å². The highest BCUT2D eigenvalue weighted by molar-refractivity contribution is 6.28. The van der Waals surface area contributed by atoms with E-state index in [9.17, 15) is 0 Å². The largest absolute Gasteiger partial charge is 0.448 e. The first-order valence-corrected chi connectivity index (χ1v) is 6.66. The molecule has 2 aromatic rings. The number of nitrogens with one attached hydrogen (secondary N) is 1. The van der Waals surface area contributed by atoms with Crippen LogP contribution >= 0.6 is 11.6 Å². The minimum Gasteiger partial charge on any atom is -0.448 e. The summed E-state index contributed by atoms with van der Waals surface area (Å²) in [5.41, 5.74) is 2.96. The summed E-state index contributed by atoms with van der Waals surface area (Å²) >= 11 is 5.83. The second-order valence-electron chi connectivity index (χ2n) is 4.82. The van der Waals surface area contributed by atoms with Gasteiger partial charge >= 0.3 is 0 Å². The van der Waals surface area contributed by atoms with E-state index < -0.39 is 0 Å². The predicted molar refractivity (Wildman–Crippen MR) is 73.0 cm³/mol. The van der Waals surface area contributed by atoms with E-state index in [1.807, 2.05) is 13.1 Å². The van der Waals surface area contributed by atoms with Gasteiger partial charge in [0.1, 0.15) is 5.76 Å². The summed E-state index contributed by atoms with van der Waals surface area (Å²) in [6, 6.07) is 12.6. The summed E-state index contributed by atoms with van der Waals surface area (Å²) in [6.45, 7) is 0. The molecule has 1 heterocycles. The molecule has 1 N–H and O–H groups in total. The molecule has 0 aliphatic heterocycles. The third-order valence-corrected chi connectivity index (χ3v) is 3.97. The minimum absolute atomic E-state index is 0.232. The van der Waals surface area contributed by atoms with Crippen LogP contribution in [0.1, 0.15) is 35.3 Å². The number of rotatable bonds is 4. The smallest absolute Gasteiger partial charge is 0.193 e. The van der Waals surface area contributed by atoms with E-state index in [1.54, 1.807) is 6.07 Å². The fourth-order valence-corrected chi connectivity index (χ4v) is 2.90. The van der Waals surface area contributed by atoms with Crippen molar-refractivity contribution in [2.24, 2.45) is 0 Å². The van der Waals surface area contributed by atoms with Crippen molar-refractivity contribution in [2.75, 3.05) is 7.05 Å². The van der Waals surface area contributed by atoms with Crippen LogP contribution in [-0.2, 0) is 6.42 Å². The van der Waals surface area contributed by atoms with E-state index in [4.69, 9.17) is 16.0 Å². The van der Waals surface area contributed by atoms with Crippen LogP contribution in [0, 0.1) is 0 Å². The molecule has 18 heavy (non-hydrogen) atoms. The molecule has 1 aliphatic rings. The Morgan fingerprint density at radius 3 is 2.83 bits per heavy atom. The Kier molecular flexibility index (Phi) is 3.14. The predicted octanol–water partition coefficient (Wildman–Crippen LogP) is 3.92. The van der Waals surface area contributed by atoms with Crippen molar-refractivity contribution in [3.63, 3.8) is 0 Å². The number of benzene rings is 1. The van der Waals surface area contributed by atoms with Crippen molar-refractivity contribution in [2.45, 2.75) is 24.8 Å². The van der Waals surface area contributed by atoms with Gasteiger partial charge in [-0.15, -0.1) is 0 Å². The van der Waals surface area contributed by atoms with Gasteiger partial charge in [0, 0.05) is 0 Å². The lowest BCUT2D eigenvalue weighted by molar-refractivity contribution is 0.379. The Hall–Kier alpha value is -1.25. The highest BCUT2D eigenvalue weighted by atomic mass is 35.5. The SMILES string of the molecule is CNC(CC1Cc2ccccc21)c1ccc(Cl)o1. The van der Waals surface area contributed by atoms with Gasteiger partial charge in [-0.05, 0) is 60.7 Å². The molecular weight excluding hydrogens is 246 g/mol. The molecule has 0 saturated carbocycles. The molecule has 3 rings (SSSR count). The summed E-state index contributed by atoms with van der Waals surface area (Å²) in [5.74, 6) is 1.55. The molecule has 1 aromatic heterocycles. The zero-order valence-corrected chi connectivity index (χ0v) is 11.1. The third kappa shape index (κ3) is 2.06. The molecule has 1 aromatic carbocycles. The summed E-state index contributed by atoms with van der Waals surface area (Å²) in [6.07, 6.45) is 2.22. The zero-order chi connectivity index (χ0) is 12.5. The number of halogens is 1.